The summed E-state index contributed by atoms with van der Waals surface area (Å²) in [5.41, 5.74) is 4.06. The predicted molar refractivity (Wildman–Crippen MR) is 106 cm³/mol. The summed E-state index contributed by atoms with van der Waals surface area (Å²) in [7, 11) is 4.67. The molecule has 0 unspecified atom stereocenters. The quantitative estimate of drug-likeness (QED) is 0.847. The van der Waals surface area contributed by atoms with Gasteiger partial charge in [-0.25, -0.2) is 0 Å². The van der Waals surface area contributed by atoms with E-state index in [1.54, 1.807) is 19.2 Å². The van der Waals surface area contributed by atoms with Crippen LogP contribution in [0.25, 0.3) is 0 Å². The van der Waals surface area contributed by atoms with E-state index in [-0.39, 0.29) is 18.4 Å². The molecule has 0 radical (unpaired) electrons. The van der Waals surface area contributed by atoms with Crippen LogP contribution in [0.15, 0.2) is 30.3 Å². The third kappa shape index (κ3) is 4.58. The Balaban J connectivity index is 2.13. The van der Waals surface area contributed by atoms with E-state index in [0.29, 0.717) is 17.1 Å². The van der Waals surface area contributed by atoms with Crippen LogP contribution in [0.4, 0.5) is 5.69 Å². The SMILES string of the molecule is COc1cc(C(=O)N(C)CC(=O)Nc2cccc(C)c2C)cc(OC)c1C. The minimum atomic E-state index is -0.289. The molecule has 0 aliphatic rings. The summed E-state index contributed by atoms with van der Waals surface area (Å²) in [4.78, 5) is 26.5. The van der Waals surface area contributed by atoms with Gasteiger partial charge in [-0.2, -0.15) is 0 Å². The molecule has 1 N–H and O–H groups in total. The van der Waals surface area contributed by atoms with E-state index in [1.807, 2.05) is 39.0 Å². The van der Waals surface area contributed by atoms with Crippen molar-refractivity contribution in [2.45, 2.75) is 20.8 Å². The van der Waals surface area contributed by atoms with Gasteiger partial charge in [0.05, 0.1) is 20.8 Å². The van der Waals surface area contributed by atoms with Crippen molar-refractivity contribution in [2.75, 3.05) is 33.1 Å². The maximum absolute atomic E-state index is 12.7. The van der Waals surface area contributed by atoms with Gasteiger partial charge in [-0.3, -0.25) is 9.59 Å². The smallest absolute Gasteiger partial charge is 0.254 e. The van der Waals surface area contributed by atoms with Crippen molar-refractivity contribution in [1.82, 2.24) is 4.90 Å². The van der Waals surface area contributed by atoms with E-state index in [0.717, 1.165) is 22.4 Å². The number of amides is 2. The maximum Gasteiger partial charge on any atom is 0.254 e. The minimum Gasteiger partial charge on any atom is -0.496 e. The molecular formula is C21H26N2O4. The van der Waals surface area contributed by atoms with E-state index in [1.165, 1.54) is 19.1 Å². The molecule has 2 amide bonds. The van der Waals surface area contributed by atoms with Gasteiger partial charge in [-0.15, -0.1) is 0 Å². The number of carbonyl (C=O) groups excluding carboxylic acids is 2. The summed E-state index contributed by atoms with van der Waals surface area (Å²) in [6, 6.07) is 9.02. The number of anilines is 1. The van der Waals surface area contributed by atoms with Gasteiger partial charge in [0.2, 0.25) is 5.91 Å². The fourth-order valence-electron chi connectivity index (χ4n) is 2.79. The molecule has 2 aromatic carbocycles. The Morgan fingerprint density at radius 3 is 2.15 bits per heavy atom. The Kier molecular flexibility index (Phi) is 6.45. The fraction of sp³-hybridized carbons (Fsp3) is 0.333. The topological polar surface area (TPSA) is 67.9 Å². The molecule has 0 aromatic heterocycles. The summed E-state index contributed by atoms with van der Waals surface area (Å²) < 4.78 is 10.6. The average molecular weight is 370 g/mol. The summed E-state index contributed by atoms with van der Waals surface area (Å²) in [5, 5.41) is 2.86. The lowest BCUT2D eigenvalue weighted by Gasteiger charge is -2.19. The fourth-order valence-corrected chi connectivity index (χ4v) is 2.79. The van der Waals surface area contributed by atoms with Gasteiger partial charge in [0.1, 0.15) is 11.5 Å². The summed E-state index contributed by atoms with van der Waals surface area (Å²) in [6.07, 6.45) is 0. The van der Waals surface area contributed by atoms with Crippen molar-refractivity contribution in [3.05, 3.63) is 52.6 Å². The number of likely N-dealkylation sites (N-methyl/N-ethyl adjacent to an activating group) is 1. The Morgan fingerprint density at radius 1 is 1.00 bits per heavy atom. The van der Waals surface area contributed by atoms with E-state index in [4.69, 9.17) is 9.47 Å². The molecule has 2 rings (SSSR count). The van der Waals surface area contributed by atoms with Crippen molar-refractivity contribution in [3.63, 3.8) is 0 Å². The molecule has 0 saturated heterocycles. The van der Waals surface area contributed by atoms with Gasteiger partial charge in [0, 0.05) is 23.9 Å². The molecule has 0 aliphatic heterocycles. The number of hydrogen-bond donors (Lipinski definition) is 1. The van der Waals surface area contributed by atoms with Crippen LogP contribution in [0.1, 0.15) is 27.0 Å². The van der Waals surface area contributed by atoms with Crippen LogP contribution in [0.2, 0.25) is 0 Å². The van der Waals surface area contributed by atoms with Crippen molar-refractivity contribution in [3.8, 4) is 11.5 Å². The number of aryl methyl sites for hydroxylation is 1. The van der Waals surface area contributed by atoms with Crippen molar-refractivity contribution in [1.29, 1.82) is 0 Å². The van der Waals surface area contributed by atoms with E-state index in [9.17, 15) is 9.59 Å². The molecule has 6 nitrogen and oxygen atoms in total. The summed E-state index contributed by atoms with van der Waals surface area (Å²) in [5.74, 6) is 0.574. The zero-order valence-corrected chi connectivity index (χ0v) is 16.7. The molecular weight excluding hydrogens is 344 g/mol. The van der Waals surface area contributed by atoms with E-state index >= 15 is 0 Å². The maximum atomic E-state index is 12.7. The first-order valence-electron chi connectivity index (χ1n) is 8.62. The largest absolute Gasteiger partial charge is 0.496 e. The van der Waals surface area contributed by atoms with Crippen molar-refractivity contribution >= 4 is 17.5 Å². The first-order chi connectivity index (χ1) is 12.8. The van der Waals surface area contributed by atoms with E-state index in [2.05, 4.69) is 5.32 Å². The van der Waals surface area contributed by atoms with Gasteiger partial charge in [0.15, 0.2) is 0 Å². The van der Waals surface area contributed by atoms with Gasteiger partial charge in [-0.05, 0) is 50.1 Å². The molecule has 0 atom stereocenters. The lowest BCUT2D eigenvalue weighted by molar-refractivity contribution is -0.116. The normalized spacial score (nSPS) is 10.3. The Hall–Kier alpha value is -3.02. The second kappa shape index (κ2) is 8.58. The first kappa shape index (κ1) is 20.3. The number of rotatable bonds is 6. The van der Waals surface area contributed by atoms with E-state index < -0.39 is 0 Å². The molecule has 0 aliphatic carbocycles. The van der Waals surface area contributed by atoms with Crippen molar-refractivity contribution < 1.29 is 19.1 Å². The molecule has 0 saturated carbocycles. The highest BCUT2D eigenvalue weighted by molar-refractivity contribution is 6.00. The highest BCUT2D eigenvalue weighted by Crippen LogP contribution is 2.30. The highest BCUT2D eigenvalue weighted by atomic mass is 16.5. The molecule has 0 bridgehead atoms. The second-order valence-corrected chi connectivity index (χ2v) is 6.46. The van der Waals surface area contributed by atoms with Crippen LogP contribution in [0.3, 0.4) is 0 Å². The molecule has 0 spiro atoms. The zero-order valence-electron chi connectivity index (χ0n) is 16.7. The lowest BCUT2D eigenvalue weighted by atomic mass is 10.1. The summed E-state index contributed by atoms with van der Waals surface area (Å²) in [6.45, 7) is 5.72. The van der Waals surface area contributed by atoms with Gasteiger partial charge in [-0.1, -0.05) is 12.1 Å². The minimum absolute atomic E-state index is 0.0648. The average Bonchev–Trinajstić information content (AvgIpc) is 2.65. The number of methoxy groups -OCH3 is 2. The molecule has 6 heteroatoms. The lowest BCUT2D eigenvalue weighted by Crippen LogP contribution is -2.35. The highest BCUT2D eigenvalue weighted by Gasteiger charge is 2.19. The van der Waals surface area contributed by atoms with Crippen molar-refractivity contribution in [2.24, 2.45) is 0 Å². The number of ether oxygens (including phenoxy) is 2. The molecule has 27 heavy (non-hydrogen) atoms. The predicted octanol–water partition coefficient (Wildman–Crippen LogP) is 3.34. The third-order valence-corrected chi connectivity index (χ3v) is 4.61. The molecule has 0 fully saturated rings. The number of nitrogens with one attached hydrogen (secondary N) is 1. The Bertz CT molecular complexity index is 836. The van der Waals surface area contributed by atoms with Crippen LogP contribution in [-0.4, -0.2) is 44.5 Å². The number of benzene rings is 2. The standard InChI is InChI=1S/C21H26N2O4/c1-13-8-7-9-17(14(13)2)22-20(24)12-23(4)21(25)16-10-18(26-5)15(3)19(11-16)27-6/h7-11H,12H2,1-6H3,(H,22,24). The van der Waals surface area contributed by atoms with Crippen LogP contribution in [0.5, 0.6) is 11.5 Å². The monoisotopic (exact) mass is 370 g/mol. The molecule has 0 heterocycles. The zero-order chi connectivity index (χ0) is 20.1. The first-order valence-corrected chi connectivity index (χ1v) is 8.62. The Labute approximate surface area is 160 Å². The molecule has 2 aromatic rings. The van der Waals surface area contributed by atoms with Gasteiger partial charge in [0.25, 0.3) is 5.91 Å². The van der Waals surface area contributed by atoms with Crippen LogP contribution in [-0.2, 0) is 4.79 Å². The van der Waals surface area contributed by atoms with Crippen LogP contribution < -0.4 is 14.8 Å². The number of nitrogens with zero attached hydrogens (tertiary/aromatic N) is 1. The Morgan fingerprint density at radius 2 is 1.59 bits per heavy atom. The molecule has 144 valence electrons. The van der Waals surface area contributed by atoms with Crippen LogP contribution >= 0.6 is 0 Å². The third-order valence-electron chi connectivity index (χ3n) is 4.61. The summed E-state index contributed by atoms with van der Waals surface area (Å²) >= 11 is 0. The van der Waals surface area contributed by atoms with Gasteiger partial charge >= 0.3 is 0 Å². The second-order valence-electron chi connectivity index (χ2n) is 6.46. The number of carbonyl (C=O) groups is 2. The van der Waals surface area contributed by atoms with Gasteiger partial charge < -0.3 is 19.7 Å². The van der Waals surface area contributed by atoms with Crippen LogP contribution in [0, 0.1) is 20.8 Å². The number of hydrogen-bond acceptors (Lipinski definition) is 4.